The van der Waals surface area contributed by atoms with Crippen LogP contribution in [0.15, 0.2) is 48.7 Å². The zero-order chi connectivity index (χ0) is 17.8. The molecule has 0 aliphatic carbocycles. The van der Waals surface area contributed by atoms with E-state index in [9.17, 15) is 14.9 Å². The Morgan fingerprint density at radius 3 is 2.72 bits per heavy atom. The fraction of sp³-hybridized carbons (Fsp3) is 0.176. The van der Waals surface area contributed by atoms with Crippen LogP contribution in [-0.2, 0) is 17.9 Å². The number of nitro benzene ring substituents is 1. The predicted octanol–water partition coefficient (Wildman–Crippen LogP) is 2.27. The van der Waals surface area contributed by atoms with E-state index in [2.05, 4.69) is 10.4 Å². The van der Waals surface area contributed by atoms with E-state index in [-0.39, 0.29) is 18.1 Å². The van der Waals surface area contributed by atoms with Gasteiger partial charge >= 0.3 is 0 Å². The first kappa shape index (κ1) is 16.4. The number of non-ortho nitro benzene ring substituents is 1. The number of ether oxygens (including phenoxy) is 1. The van der Waals surface area contributed by atoms with Crippen LogP contribution in [0.5, 0.6) is 5.75 Å². The average molecular weight is 340 g/mol. The molecule has 0 atom stereocenters. The van der Waals surface area contributed by atoms with E-state index in [1.54, 1.807) is 13.2 Å². The molecule has 0 spiro atoms. The van der Waals surface area contributed by atoms with Gasteiger partial charge in [-0.15, -0.1) is 0 Å². The second-order valence-corrected chi connectivity index (χ2v) is 5.43. The molecule has 0 bridgehead atoms. The van der Waals surface area contributed by atoms with Crippen molar-refractivity contribution < 1.29 is 14.5 Å². The summed E-state index contributed by atoms with van der Waals surface area (Å²) >= 11 is 0. The number of nitrogens with one attached hydrogen (secondary N) is 1. The molecular weight excluding hydrogens is 324 g/mol. The highest BCUT2D eigenvalue weighted by Gasteiger charge is 2.11. The van der Waals surface area contributed by atoms with Crippen molar-refractivity contribution in [1.29, 1.82) is 0 Å². The van der Waals surface area contributed by atoms with Gasteiger partial charge in [0.2, 0.25) is 5.91 Å². The van der Waals surface area contributed by atoms with Crippen molar-refractivity contribution in [2.75, 3.05) is 7.11 Å². The Bertz CT molecular complexity index is 918. The Hall–Kier alpha value is -3.42. The molecule has 1 N–H and O–H groups in total. The minimum atomic E-state index is -0.460. The first-order valence-electron chi connectivity index (χ1n) is 7.56. The first-order chi connectivity index (χ1) is 12.1. The van der Waals surface area contributed by atoms with Gasteiger partial charge in [-0.1, -0.05) is 12.1 Å². The largest absolute Gasteiger partial charge is 0.497 e. The summed E-state index contributed by atoms with van der Waals surface area (Å²) in [7, 11) is 1.60. The van der Waals surface area contributed by atoms with Gasteiger partial charge in [-0.3, -0.25) is 19.6 Å². The van der Waals surface area contributed by atoms with Gasteiger partial charge in [0.05, 0.1) is 23.7 Å². The van der Waals surface area contributed by atoms with Crippen molar-refractivity contribution in [1.82, 2.24) is 15.1 Å². The molecule has 3 aromatic rings. The van der Waals surface area contributed by atoms with Crippen molar-refractivity contribution >= 4 is 22.5 Å². The number of methoxy groups -OCH3 is 1. The molecule has 2 aromatic carbocycles. The van der Waals surface area contributed by atoms with Crippen molar-refractivity contribution in [3.8, 4) is 5.75 Å². The second kappa shape index (κ2) is 7.00. The summed E-state index contributed by atoms with van der Waals surface area (Å²) in [6, 6.07) is 11.8. The zero-order valence-corrected chi connectivity index (χ0v) is 13.5. The number of amides is 1. The van der Waals surface area contributed by atoms with E-state index in [1.165, 1.54) is 23.0 Å². The normalized spacial score (nSPS) is 10.6. The van der Waals surface area contributed by atoms with Crippen LogP contribution in [0.3, 0.4) is 0 Å². The molecule has 25 heavy (non-hydrogen) atoms. The molecule has 0 unspecified atom stereocenters. The second-order valence-electron chi connectivity index (χ2n) is 5.43. The summed E-state index contributed by atoms with van der Waals surface area (Å²) in [4.78, 5) is 22.5. The molecule has 0 radical (unpaired) electrons. The lowest BCUT2D eigenvalue weighted by atomic mass is 10.2. The van der Waals surface area contributed by atoms with Crippen LogP contribution in [-0.4, -0.2) is 27.7 Å². The predicted molar refractivity (Wildman–Crippen MR) is 91.2 cm³/mol. The number of hydrogen-bond acceptors (Lipinski definition) is 5. The zero-order valence-electron chi connectivity index (χ0n) is 13.5. The van der Waals surface area contributed by atoms with Crippen LogP contribution >= 0.6 is 0 Å². The molecule has 1 amide bonds. The molecule has 0 aliphatic heterocycles. The molecule has 128 valence electrons. The first-order valence-corrected chi connectivity index (χ1v) is 7.56. The average Bonchev–Trinajstić information content (AvgIpc) is 3.02. The van der Waals surface area contributed by atoms with Gasteiger partial charge in [-0.2, -0.15) is 5.10 Å². The summed E-state index contributed by atoms with van der Waals surface area (Å²) in [5.41, 5.74) is 1.62. The fourth-order valence-corrected chi connectivity index (χ4v) is 2.45. The third-order valence-electron chi connectivity index (χ3n) is 3.78. The van der Waals surface area contributed by atoms with E-state index in [0.717, 1.165) is 11.3 Å². The van der Waals surface area contributed by atoms with Crippen LogP contribution in [0, 0.1) is 10.1 Å². The lowest BCUT2D eigenvalue weighted by molar-refractivity contribution is -0.384. The summed E-state index contributed by atoms with van der Waals surface area (Å²) in [5, 5.41) is 18.4. The van der Waals surface area contributed by atoms with Gasteiger partial charge in [-0.25, -0.2) is 0 Å². The molecule has 0 fully saturated rings. The van der Waals surface area contributed by atoms with E-state index in [0.29, 0.717) is 17.4 Å². The minimum Gasteiger partial charge on any atom is -0.497 e. The molecule has 3 rings (SSSR count). The van der Waals surface area contributed by atoms with Crippen LogP contribution in [0.4, 0.5) is 5.69 Å². The lowest BCUT2D eigenvalue weighted by Gasteiger charge is -2.07. The molecule has 8 heteroatoms. The van der Waals surface area contributed by atoms with Crippen molar-refractivity contribution in [2.24, 2.45) is 0 Å². The number of nitrogens with zero attached hydrogens (tertiary/aromatic N) is 3. The fourth-order valence-electron chi connectivity index (χ4n) is 2.45. The number of benzene rings is 2. The number of rotatable bonds is 6. The van der Waals surface area contributed by atoms with Gasteiger partial charge in [0.25, 0.3) is 5.69 Å². The quantitative estimate of drug-likeness (QED) is 0.548. The molecule has 0 aliphatic rings. The molecule has 1 heterocycles. The maximum Gasteiger partial charge on any atom is 0.270 e. The SMILES string of the molecule is COc1ccc(CNC(=O)Cn2ncc3cc([N+](=O)[O-])ccc32)cc1. The molecule has 0 saturated carbocycles. The maximum atomic E-state index is 12.1. The third-order valence-corrected chi connectivity index (χ3v) is 3.78. The molecule has 0 saturated heterocycles. The number of aromatic nitrogens is 2. The standard InChI is InChI=1S/C17H16N4O4/c1-25-15-5-2-12(3-6-15)9-18-17(22)11-20-16-7-4-14(21(23)24)8-13(16)10-19-20/h2-8,10H,9,11H2,1H3,(H,18,22). The Kier molecular flexibility index (Phi) is 4.60. The topological polar surface area (TPSA) is 99.3 Å². The van der Waals surface area contributed by atoms with E-state index < -0.39 is 4.92 Å². The van der Waals surface area contributed by atoms with Crippen molar-refractivity contribution in [3.05, 3.63) is 64.3 Å². The van der Waals surface area contributed by atoms with Gasteiger partial charge in [0.15, 0.2) is 0 Å². The summed E-state index contributed by atoms with van der Waals surface area (Å²) < 4.78 is 6.60. The number of carbonyl (C=O) groups is 1. The Morgan fingerprint density at radius 2 is 2.04 bits per heavy atom. The van der Waals surface area contributed by atoms with Crippen LogP contribution < -0.4 is 10.1 Å². The molecule has 1 aromatic heterocycles. The Labute approximate surface area is 143 Å². The highest BCUT2D eigenvalue weighted by Crippen LogP contribution is 2.20. The summed E-state index contributed by atoms with van der Waals surface area (Å²) in [5.74, 6) is 0.561. The summed E-state index contributed by atoms with van der Waals surface area (Å²) in [6.45, 7) is 0.435. The van der Waals surface area contributed by atoms with Gasteiger partial charge in [0, 0.05) is 24.1 Å². The highest BCUT2D eigenvalue weighted by molar-refractivity contribution is 5.83. The molecule has 8 nitrogen and oxygen atoms in total. The van der Waals surface area contributed by atoms with E-state index in [4.69, 9.17) is 4.74 Å². The van der Waals surface area contributed by atoms with Crippen LogP contribution in [0.25, 0.3) is 10.9 Å². The monoisotopic (exact) mass is 340 g/mol. The van der Waals surface area contributed by atoms with Crippen LogP contribution in [0.1, 0.15) is 5.56 Å². The summed E-state index contributed by atoms with van der Waals surface area (Å²) in [6.07, 6.45) is 1.51. The maximum absolute atomic E-state index is 12.1. The van der Waals surface area contributed by atoms with Crippen molar-refractivity contribution in [3.63, 3.8) is 0 Å². The minimum absolute atomic E-state index is 0.00370. The number of nitro groups is 1. The third kappa shape index (κ3) is 3.74. The Morgan fingerprint density at radius 1 is 1.28 bits per heavy atom. The van der Waals surface area contributed by atoms with E-state index >= 15 is 0 Å². The van der Waals surface area contributed by atoms with E-state index in [1.807, 2.05) is 24.3 Å². The van der Waals surface area contributed by atoms with Gasteiger partial charge in [0.1, 0.15) is 12.3 Å². The highest BCUT2D eigenvalue weighted by atomic mass is 16.6. The number of fused-ring (bicyclic) bond motifs is 1. The van der Waals surface area contributed by atoms with Crippen LogP contribution in [0.2, 0.25) is 0 Å². The Balaban J connectivity index is 1.64. The number of carbonyl (C=O) groups excluding carboxylic acids is 1. The smallest absolute Gasteiger partial charge is 0.270 e. The van der Waals surface area contributed by atoms with Crippen molar-refractivity contribution in [2.45, 2.75) is 13.1 Å². The molecular formula is C17H16N4O4. The number of hydrogen-bond donors (Lipinski definition) is 1. The van der Waals surface area contributed by atoms with Gasteiger partial charge < -0.3 is 10.1 Å². The lowest BCUT2D eigenvalue weighted by Crippen LogP contribution is -2.27. The van der Waals surface area contributed by atoms with Gasteiger partial charge in [-0.05, 0) is 23.8 Å².